The van der Waals surface area contributed by atoms with Crippen molar-refractivity contribution in [2.75, 3.05) is 0 Å². The van der Waals surface area contributed by atoms with Crippen LogP contribution in [0.3, 0.4) is 0 Å². The molecule has 0 N–H and O–H groups in total. The summed E-state index contributed by atoms with van der Waals surface area (Å²) in [5.41, 5.74) is 2.75. The fraction of sp³-hybridized carbons (Fsp3) is 0.188. The van der Waals surface area contributed by atoms with Gasteiger partial charge in [0.1, 0.15) is 0 Å². The summed E-state index contributed by atoms with van der Waals surface area (Å²) in [4.78, 5) is 12.1. The highest BCUT2D eigenvalue weighted by molar-refractivity contribution is 6.34. The van der Waals surface area contributed by atoms with E-state index in [0.29, 0.717) is 17.0 Å². The highest BCUT2D eigenvalue weighted by Crippen LogP contribution is 2.22. The first-order chi connectivity index (χ1) is 8.68. The Labute approximate surface area is 112 Å². The lowest BCUT2D eigenvalue weighted by atomic mass is 10.0. The predicted molar refractivity (Wildman–Crippen MR) is 75.3 cm³/mol. The Hall–Kier alpha value is -1.60. The molecule has 0 heterocycles. The lowest BCUT2D eigenvalue weighted by molar-refractivity contribution is 0.0983. The van der Waals surface area contributed by atoms with Crippen molar-refractivity contribution in [2.24, 2.45) is 0 Å². The van der Waals surface area contributed by atoms with Gasteiger partial charge in [-0.15, -0.1) is 0 Å². The number of ketones is 1. The monoisotopic (exact) mass is 258 g/mol. The van der Waals surface area contributed by atoms with E-state index < -0.39 is 0 Å². The molecule has 0 aromatic heterocycles. The predicted octanol–water partition coefficient (Wildman–Crippen LogP) is 4.46. The molecule has 0 unspecified atom stereocenters. The van der Waals surface area contributed by atoms with Crippen LogP contribution in [-0.2, 0) is 6.42 Å². The van der Waals surface area contributed by atoms with Crippen LogP contribution >= 0.6 is 11.6 Å². The molecule has 0 saturated carbocycles. The molecule has 2 heteroatoms. The third-order valence-corrected chi connectivity index (χ3v) is 3.48. The number of carbonyl (C=O) groups is 1. The summed E-state index contributed by atoms with van der Waals surface area (Å²) in [5.74, 6) is 0.104. The van der Waals surface area contributed by atoms with E-state index in [0.717, 1.165) is 12.0 Å². The first-order valence-electron chi connectivity index (χ1n) is 6.00. The van der Waals surface area contributed by atoms with Gasteiger partial charge in [-0.05, 0) is 30.5 Å². The van der Waals surface area contributed by atoms with Gasteiger partial charge < -0.3 is 0 Å². The summed E-state index contributed by atoms with van der Waals surface area (Å²) >= 11 is 6.15. The maximum absolute atomic E-state index is 12.1. The maximum atomic E-state index is 12.1. The van der Waals surface area contributed by atoms with E-state index in [1.807, 2.05) is 49.4 Å². The minimum atomic E-state index is 0.104. The standard InChI is InChI=1S/C16H15ClO/c1-12-6-5-9-14(16(12)17)15(18)11-10-13-7-3-2-4-8-13/h2-9H,10-11H2,1H3. The maximum Gasteiger partial charge on any atom is 0.164 e. The van der Waals surface area contributed by atoms with Crippen molar-refractivity contribution in [1.29, 1.82) is 0 Å². The summed E-state index contributed by atoms with van der Waals surface area (Å²) in [6, 6.07) is 15.6. The van der Waals surface area contributed by atoms with Gasteiger partial charge in [0.05, 0.1) is 5.02 Å². The SMILES string of the molecule is Cc1cccc(C(=O)CCc2ccccc2)c1Cl. The average molecular weight is 259 g/mol. The van der Waals surface area contributed by atoms with Crippen LogP contribution in [0.2, 0.25) is 5.02 Å². The zero-order valence-corrected chi connectivity index (χ0v) is 11.1. The summed E-state index contributed by atoms with van der Waals surface area (Å²) in [6.07, 6.45) is 1.25. The first-order valence-corrected chi connectivity index (χ1v) is 6.38. The van der Waals surface area contributed by atoms with Gasteiger partial charge >= 0.3 is 0 Å². The van der Waals surface area contributed by atoms with E-state index >= 15 is 0 Å². The van der Waals surface area contributed by atoms with Crippen LogP contribution in [0.5, 0.6) is 0 Å². The quantitative estimate of drug-likeness (QED) is 0.740. The van der Waals surface area contributed by atoms with Crippen LogP contribution in [0.25, 0.3) is 0 Å². The second kappa shape index (κ2) is 5.83. The molecule has 0 aliphatic rings. The van der Waals surface area contributed by atoms with Crippen LogP contribution in [0.4, 0.5) is 0 Å². The minimum Gasteiger partial charge on any atom is -0.294 e. The van der Waals surface area contributed by atoms with Gasteiger partial charge in [-0.1, -0.05) is 54.1 Å². The zero-order valence-electron chi connectivity index (χ0n) is 10.3. The van der Waals surface area contributed by atoms with Gasteiger partial charge in [0, 0.05) is 12.0 Å². The van der Waals surface area contributed by atoms with Crippen LogP contribution in [0.15, 0.2) is 48.5 Å². The first kappa shape index (κ1) is 12.8. The molecule has 92 valence electrons. The minimum absolute atomic E-state index is 0.104. The largest absolute Gasteiger partial charge is 0.294 e. The molecule has 0 aliphatic heterocycles. The van der Waals surface area contributed by atoms with Gasteiger partial charge in [-0.25, -0.2) is 0 Å². The Morgan fingerprint density at radius 1 is 1.06 bits per heavy atom. The third-order valence-electron chi connectivity index (χ3n) is 2.98. The van der Waals surface area contributed by atoms with E-state index in [9.17, 15) is 4.79 Å². The number of benzene rings is 2. The summed E-state index contributed by atoms with van der Waals surface area (Å²) in [6.45, 7) is 1.91. The molecule has 0 amide bonds. The molecule has 0 fully saturated rings. The Morgan fingerprint density at radius 3 is 2.50 bits per heavy atom. The molecule has 0 bridgehead atoms. The van der Waals surface area contributed by atoms with Crippen molar-refractivity contribution >= 4 is 17.4 Å². The normalized spacial score (nSPS) is 10.3. The van der Waals surface area contributed by atoms with Crippen molar-refractivity contribution in [1.82, 2.24) is 0 Å². The number of rotatable bonds is 4. The van der Waals surface area contributed by atoms with Crippen LogP contribution in [0, 0.1) is 6.92 Å². The summed E-state index contributed by atoms with van der Waals surface area (Å²) in [5, 5.41) is 0.579. The molecule has 2 aromatic rings. The highest BCUT2D eigenvalue weighted by Gasteiger charge is 2.11. The van der Waals surface area contributed by atoms with Crippen molar-refractivity contribution in [3.8, 4) is 0 Å². The van der Waals surface area contributed by atoms with Crippen molar-refractivity contribution in [2.45, 2.75) is 19.8 Å². The molecule has 1 nitrogen and oxygen atoms in total. The van der Waals surface area contributed by atoms with Crippen LogP contribution in [0.1, 0.15) is 27.9 Å². The van der Waals surface area contributed by atoms with Crippen molar-refractivity contribution in [3.05, 3.63) is 70.2 Å². The molecular formula is C16H15ClO. The molecular weight excluding hydrogens is 244 g/mol. The zero-order chi connectivity index (χ0) is 13.0. The number of hydrogen-bond donors (Lipinski definition) is 0. The lowest BCUT2D eigenvalue weighted by Gasteiger charge is -2.06. The number of aryl methyl sites for hydroxylation is 2. The number of hydrogen-bond acceptors (Lipinski definition) is 1. The number of Topliss-reactive ketones (excluding diaryl/α,β-unsaturated/α-hetero) is 1. The number of carbonyl (C=O) groups excluding carboxylic acids is 1. The van der Waals surface area contributed by atoms with Crippen molar-refractivity contribution < 1.29 is 4.79 Å². The summed E-state index contributed by atoms with van der Waals surface area (Å²) < 4.78 is 0. The Morgan fingerprint density at radius 2 is 1.78 bits per heavy atom. The van der Waals surface area contributed by atoms with Crippen LogP contribution in [-0.4, -0.2) is 5.78 Å². The van der Waals surface area contributed by atoms with Gasteiger partial charge in [0.2, 0.25) is 0 Å². The Balaban J connectivity index is 2.07. The van der Waals surface area contributed by atoms with Gasteiger partial charge in [-0.2, -0.15) is 0 Å². The molecule has 0 atom stereocenters. The van der Waals surface area contributed by atoms with E-state index in [1.54, 1.807) is 6.07 Å². The summed E-state index contributed by atoms with van der Waals surface area (Å²) in [7, 11) is 0. The van der Waals surface area contributed by atoms with E-state index in [4.69, 9.17) is 11.6 Å². The highest BCUT2D eigenvalue weighted by atomic mass is 35.5. The van der Waals surface area contributed by atoms with Crippen molar-refractivity contribution in [3.63, 3.8) is 0 Å². The van der Waals surface area contributed by atoms with E-state index in [1.165, 1.54) is 5.56 Å². The van der Waals surface area contributed by atoms with Gasteiger partial charge in [-0.3, -0.25) is 4.79 Å². The lowest BCUT2D eigenvalue weighted by Crippen LogP contribution is -2.02. The smallest absolute Gasteiger partial charge is 0.164 e. The fourth-order valence-electron chi connectivity index (χ4n) is 1.90. The Kier molecular flexibility index (Phi) is 4.16. The van der Waals surface area contributed by atoms with E-state index in [2.05, 4.69) is 0 Å². The molecule has 0 saturated heterocycles. The molecule has 0 spiro atoms. The van der Waals surface area contributed by atoms with Gasteiger partial charge in [0.15, 0.2) is 5.78 Å². The molecule has 2 aromatic carbocycles. The van der Waals surface area contributed by atoms with E-state index in [-0.39, 0.29) is 5.78 Å². The second-order valence-electron chi connectivity index (χ2n) is 4.35. The average Bonchev–Trinajstić information content (AvgIpc) is 2.40. The molecule has 2 rings (SSSR count). The molecule has 0 radical (unpaired) electrons. The number of halogens is 1. The third kappa shape index (κ3) is 2.99. The second-order valence-corrected chi connectivity index (χ2v) is 4.72. The molecule has 0 aliphatic carbocycles. The Bertz CT molecular complexity index is 546. The van der Waals surface area contributed by atoms with Gasteiger partial charge in [0.25, 0.3) is 0 Å². The molecule has 18 heavy (non-hydrogen) atoms. The fourth-order valence-corrected chi connectivity index (χ4v) is 2.13. The topological polar surface area (TPSA) is 17.1 Å². The van der Waals surface area contributed by atoms with Crippen LogP contribution < -0.4 is 0 Å².